The lowest BCUT2D eigenvalue weighted by atomic mass is 10.1. The monoisotopic (exact) mass is 300 g/mol. The SMILES string of the molecule is Cc1nc(CNc2ccc(-c3ccc(F)cc3)nn2)cs1. The van der Waals surface area contributed by atoms with Crippen LogP contribution in [0.3, 0.4) is 0 Å². The molecule has 106 valence electrons. The summed E-state index contributed by atoms with van der Waals surface area (Å²) in [5.41, 5.74) is 2.54. The van der Waals surface area contributed by atoms with E-state index in [2.05, 4.69) is 20.5 Å². The summed E-state index contributed by atoms with van der Waals surface area (Å²) in [6.45, 7) is 2.60. The van der Waals surface area contributed by atoms with E-state index in [0.29, 0.717) is 18.1 Å². The summed E-state index contributed by atoms with van der Waals surface area (Å²) in [6.07, 6.45) is 0. The molecule has 0 amide bonds. The smallest absolute Gasteiger partial charge is 0.149 e. The molecule has 2 heterocycles. The van der Waals surface area contributed by atoms with Crippen molar-refractivity contribution in [2.75, 3.05) is 5.32 Å². The highest BCUT2D eigenvalue weighted by Gasteiger charge is 2.03. The van der Waals surface area contributed by atoms with Gasteiger partial charge in [0.05, 0.1) is 22.9 Å². The van der Waals surface area contributed by atoms with Crippen LogP contribution in [0.2, 0.25) is 0 Å². The molecule has 0 bridgehead atoms. The number of nitrogens with one attached hydrogen (secondary N) is 1. The van der Waals surface area contributed by atoms with Gasteiger partial charge in [-0.25, -0.2) is 9.37 Å². The summed E-state index contributed by atoms with van der Waals surface area (Å²) in [5, 5.41) is 14.5. The zero-order chi connectivity index (χ0) is 14.7. The zero-order valence-corrected chi connectivity index (χ0v) is 12.2. The maximum absolute atomic E-state index is 12.9. The number of halogens is 1. The fourth-order valence-corrected chi connectivity index (χ4v) is 2.48. The normalized spacial score (nSPS) is 10.6. The van der Waals surface area contributed by atoms with Gasteiger partial charge in [0.2, 0.25) is 0 Å². The summed E-state index contributed by atoms with van der Waals surface area (Å²) in [4.78, 5) is 4.37. The van der Waals surface area contributed by atoms with Crippen molar-refractivity contribution in [3.05, 3.63) is 58.3 Å². The molecule has 0 radical (unpaired) electrons. The average molecular weight is 300 g/mol. The van der Waals surface area contributed by atoms with Gasteiger partial charge in [-0.05, 0) is 43.3 Å². The maximum atomic E-state index is 12.9. The molecule has 0 saturated carbocycles. The van der Waals surface area contributed by atoms with Crippen LogP contribution in [0, 0.1) is 12.7 Å². The second kappa shape index (κ2) is 5.97. The van der Waals surface area contributed by atoms with Gasteiger partial charge >= 0.3 is 0 Å². The molecule has 0 aliphatic heterocycles. The minimum atomic E-state index is -0.261. The predicted molar refractivity (Wildman–Crippen MR) is 81.6 cm³/mol. The van der Waals surface area contributed by atoms with E-state index in [4.69, 9.17) is 0 Å². The fraction of sp³-hybridized carbons (Fsp3) is 0.133. The van der Waals surface area contributed by atoms with Gasteiger partial charge < -0.3 is 5.32 Å². The van der Waals surface area contributed by atoms with E-state index in [1.165, 1.54) is 12.1 Å². The third-order valence-corrected chi connectivity index (χ3v) is 3.74. The van der Waals surface area contributed by atoms with Crippen LogP contribution < -0.4 is 5.32 Å². The highest BCUT2D eigenvalue weighted by atomic mass is 32.1. The lowest BCUT2D eigenvalue weighted by Crippen LogP contribution is -2.02. The number of aromatic nitrogens is 3. The summed E-state index contributed by atoms with van der Waals surface area (Å²) >= 11 is 1.62. The van der Waals surface area contributed by atoms with E-state index in [1.807, 2.05) is 24.4 Å². The van der Waals surface area contributed by atoms with Gasteiger partial charge in [0.25, 0.3) is 0 Å². The van der Waals surface area contributed by atoms with E-state index in [0.717, 1.165) is 16.3 Å². The van der Waals surface area contributed by atoms with Gasteiger partial charge in [-0.2, -0.15) is 0 Å². The molecule has 3 aromatic rings. The first-order valence-corrected chi connectivity index (χ1v) is 7.33. The number of hydrogen-bond donors (Lipinski definition) is 1. The molecule has 0 aliphatic rings. The van der Waals surface area contributed by atoms with E-state index in [9.17, 15) is 4.39 Å². The molecular formula is C15H13FN4S. The molecule has 2 aromatic heterocycles. The number of benzene rings is 1. The predicted octanol–water partition coefficient (Wildman–Crippen LogP) is 3.66. The van der Waals surface area contributed by atoms with Gasteiger partial charge in [-0.15, -0.1) is 21.5 Å². The molecule has 0 fully saturated rings. The topological polar surface area (TPSA) is 50.7 Å². The molecule has 0 unspecified atom stereocenters. The van der Waals surface area contributed by atoms with Crippen molar-refractivity contribution in [3.63, 3.8) is 0 Å². The van der Waals surface area contributed by atoms with Crippen molar-refractivity contribution >= 4 is 17.2 Å². The van der Waals surface area contributed by atoms with Crippen molar-refractivity contribution in [2.24, 2.45) is 0 Å². The Kier molecular flexibility index (Phi) is 3.87. The number of aryl methyl sites for hydroxylation is 1. The minimum Gasteiger partial charge on any atom is -0.363 e. The quantitative estimate of drug-likeness (QED) is 0.799. The van der Waals surface area contributed by atoms with Crippen LogP contribution in [0.25, 0.3) is 11.3 Å². The van der Waals surface area contributed by atoms with Crippen molar-refractivity contribution in [3.8, 4) is 11.3 Å². The van der Waals surface area contributed by atoms with Crippen molar-refractivity contribution < 1.29 is 4.39 Å². The average Bonchev–Trinajstić information content (AvgIpc) is 2.92. The summed E-state index contributed by atoms with van der Waals surface area (Å²) in [5.74, 6) is 0.426. The Morgan fingerprint density at radius 2 is 1.90 bits per heavy atom. The number of hydrogen-bond acceptors (Lipinski definition) is 5. The zero-order valence-electron chi connectivity index (χ0n) is 11.4. The number of nitrogens with zero attached hydrogens (tertiary/aromatic N) is 3. The van der Waals surface area contributed by atoms with Gasteiger partial charge in [0, 0.05) is 10.9 Å². The molecule has 0 aliphatic carbocycles. The first-order valence-electron chi connectivity index (χ1n) is 6.45. The van der Waals surface area contributed by atoms with Crippen LogP contribution in [0.5, 0.6) is 0 Å². The van der Waals surface area contributed by atoms with Gasteiger partial charge in [0.15, 0.2) is 0 Å². The molecule has 4 nitrogen and oxygen atoms in total. The Morgan fingerprint density at radius 3 is 2.52 bits per heavy atom. The maximum Gasteiger partial charge on any atom is 0.149 e. The third-order valence-electron chi connectivity index (χ3n) is 2.92. The summed E-state index contributed by atoms with van der Waals surface area (Å²) < 4.78 is 12.9. The molecule has 0 atom stereocenters. The molecule has 1 aromatic carbocycles. The minimum absolute atomic E-state index is 0.261. The van der Waals surface area contributed by atoms with Crippen LogP contribution >= 0.6 is 11.3 Å². The Balaban J connectivity index is 1.67. The fourth-order valence-electron chi connectivity index (χ4n) is 1.87. The largest absolute Gasteiger partial charge is 0.363 e. The van der Waals surface area contributed by atoms with E-state index < -0.39 is 0 Å². The Bertz CT molecular complexity index is 722. The third kappa shape index (κ3) is 3.41. The Morgan fingerprint density at radius 1 is 1.10 bits per heavy atom. The highest BCUT2D eigenvalue weighted by molar-refractivity contribution is 7.09. The summed E-state index contributed by atoms with van der Waals surface area (Å²) in [6, 6.07) is 9.90. The molecule has 3 rings (SSSR count). The first-order chi connectivity index (χ1) is 10.2. The van der Waals surface area contributed by atoms with E-state index in [-0.39, 0.29) is 5.82 Å². The van der Waals surface area contributed by atoms with Crippen LogP contribution in [-0.4, -0.2) is 15.2 Å². The van der Waals surface area contributed by atoms with Crippen LogP contribution in [0.1, 0.15) is 10.7 Å². The van der Waals surface area contributed by atoms with Crippen LogP contribution in [0.4, 0.5) is 10.2 Å². The van der Waals surface area contributed by atoms with Crippen molar-refractivity contribution in [1.29, 1.82) is 0 Å². The number of thiazole rings is 1. The first kappa shape index (κ1) is 13.6. The highest BCUT2D eigenvalue weighted by Crippen LogP contribution is 2.17. The lowest BCUT2D eigenvalue weighted by molar-refractivity contribution is 0.628. The molecule has 21 heavy (non-hydrogen) atoms. The van der Waals surface area contributed by atoms with Crippen molar-refractivity contribution in [2.45, 2.75) is 13.5 Å². The number of rotatable bonds is 4. The lowest BCUT2D eigenvalue weighted by Gasteiger charge is -2.04. The van der Waals surface area contributed by atoms with Crippen LogP contribution in [0.15, 0.2) is 41.8 Å². The second-order valence-electron chi connectivity index (χ2n) is 4.52. The van der Waals surface area contributed by atoms with E-state index in [1.54, 1.807) is 23.5 Å². The Labute approximate surface area is 125 Å². The molecule has 6 heteroatoms. The molecular weight excluding hydrogens is 287 g/mol. The second-order valence-corrected chi connectivity index (χ2v) is 5.58. The molecule has 0 spiro atoms. The van der Waals surface area contributed by atoms with Gasteiger partial charge in [-0.1, -0.05) is 0 Å². The summed E-state index contributed by atoms with van der Waals surface area (Å²) in [7, 11) is 0. The van der Waals surface area contributed by atoms with Gasteiger partial charge in [0.1, 0.15) is 11.6 Å². The van der Waals surface area contributed by atoms with Crippen LogP contribution in [-0.2, 0) is 6.54 Å². The standard InChI is InChI=1S/C15H13FN4S/c1-10-18-13(9-21-10)8-17-15-7-6-14(19-20-15)11-2-4-12(16)5-3-11/h2-7,9H,8H2,1H3,(H,17,20). The van der Waals surface area contributed by atoms with Gasteiger partial charge in [-0.3, -0.25) is 0 Å². The van der Waals surface area contributed by atoms with Crippen molar-refractivity contribution in [1.82, 2.24) is 15.2 Å². The van der Waals surface area contributed by atoms with E-state index >= 15 is 0 Å². The Hall–Kier alpha value is -2.34. The number of anilines is 1. The molecule has 0 saturated heterocycles. The molecule has 1 N–H and O–H groups in total.